The van der Waals surface area contributed by atoms with Crippen molar-refractivity contribution in [1.29, 1.82) is 0 Å². The van der Waals surface area contributed by atoms with E-state index in [4.69, 9.17) is 10.2 Å². The first-order valence-corrected chi connectivity index (χ1v) is 6.74. The molecule has 0 aliphatic heterocycles. The molecule has 98 valence electrons. The van der Waals surface area contributed by atoms with Crippen LogP contribution in [0.5, 0.6) is 0 Å². The second-order valence-electron chi connectivity index (χ2n) is 3.78. The van der Waals surface area contributed by atoms with Gasteiger partial charge in [0.15, 0.2) is 5.13 Å². The van der Waals surface area contributed by atoms with Crippen LogP contribution in [0.2, 0.25) is 0 Å². The van der Waals surface area contributed by atoms with Crippen LogP contribution in [-0.4, -0.2) is 52.9 Å². The molecule has 0 aliphatic carbocycles. The summed E-state index contributed by atoms with van der Waals surface area (Å²) in [5.74, 6) is 0. The number of hydrogen-bond donors (Lipinski definition) is 3. The molecule has 1 heterocycles. The molecule has 6 heteroatoms. The van der Waals surface area contributed by atoms with Crippen molar-refractivity contribution < 1.29 is 10.2 Å². The van der Waals surface area contributed by atoms with Crippen LogP contribution in [0.1, 0.15) is 18.2 Å². The summed E-state index contributed by atoms with van der Waals surface area (Å²) in [6.45, 7) is 5.16. The van der Waals surface area contributed by atoms with E-state index in [1.54, 1.807) is 11.3 Å². The summed E-state index contributed by atoms with van der Waals surface area (Å²) in [6.07, 6.45) is 2.93. The Balaban J connectivity index is 2.45. The zero-order chi connectivity index (χ0) is 12.5. The summed E-state index contributed by atoms with van der Waals surface area (Å²) in [4.78, 5) is 7.44. The zero-order valence-electron chi connectivity index (χ0n) is 10.2. The van der Waals surface area contributed by atoms with Gasteiger partial charge in [0.1, 0.15) is 0 Å². The van der Waals surface area contributed by atoms with E-state index in [0.717, 1.165) is 29.5 Å². The van der Waals surface area contributed by atoms with Crippen molar-refractivity contribution in [3.8, 4) is 0 Å². The van der Waals surface area contributed by atoms with Crippen LogP contribution in [-0.2, 0) is 6.54 Å². The van der Waals surface area contributed by atoms with Crippen molar-refractivity contribution >= 4 is 16.5 Å². The molecule has 0 saturated heterocycles. The van der Waals surface area contributed by atoms with Crippen molar-refractivity contribution in [2.45, 2.75) is 19.9 Å². The topological polar surface area (TPSA) is 68.6 Å². The third-order valence-electron chi connectivity index (χ3n) is 2.29. The Morgan fingerprint density at radius 3 is 2.65 bits per heavy atom. The Morgan fingerprint density at radius 2 is 2.06 bits per heavy atom. The fourth-order valence-corrected chi connectivity index (χ4v) is 2.35. The summed E-state index contributed by atoms with van der Waals surface area (Å²) < 4.78 is 0. The van der Waals surface area contributed by atoms with E-state index in [9.17, 15) is 0 Å². The SMILES string of the molecule is CCCNc1ncc(CN(CCO)CCO)s1. The standard InChI is InChI=1S/C11H21N3O2S/c1-2-3-12-11-13-8-10(17-11)9-14(4-6-15)5-7-16/h8,15-16H,2-7,9H2,1H3,(H,12,13). The van der Waals surface area contributed by atoms with Gasteiger partial charge in [0, 0.05) is 37.3 Å². The molecular formula is C11H21N3O2S. The molecule has 1 rings (SSSR count). The normalized spacial score (nSPS) is 11.1. The van der Waals surface area contributed by atoms with Gasteiger partial charge in [-0.05, 0) is 6.42 Å². The Kier molecular flexibility index (Phi) is 7.11. The Hall–Kier alpha value is -0.690. The Labute approximate surface area is 106 Å². The van der Waals surface area contributed by atoms with Crippen LogP contribution >= 0.6 is 11.3 Å². The molecule has 0 spiro atoms. The zero-order valence-corrected chi connectivity index (χ0v) is 11.0. The molecule has 0 aromatic carbocycles. The van der Waals surface area contributed by atoms with Crippen LogP contribution < -0.4 is 5.32 Å². The highest BCUT2D eigenvalue weighted by Gasteiger charge is 2.07. The van der Waals surface area contributed by atoms with Gasteiger partial charge in [-0.1, -0.05) is 6.92 Å². The average molecular weight is 259 g/mol. The third-order valence-corrected chi connectivity index (χ3v) is 3.23. The number of nitrogens with one attached hydrogen (secondary N) is 1. The fourth-order valence-electron chi connectivity index (χ4n) is 1.47. The molecule has 0 radical (unpaired) electrons. The monoisotopic (exact) mass is 259 g/mol. The second kappa shape index (κ2) is 8.41. The smallest absolute Gasteiger partial charge is 0.182 e. The quantitative estimate of drug-likeness (QED) is 0.610. The van der Waals surface area contributed by atoms with E-state index in [0.29, 0.717) is 13.1 Å². The lowest BCUT2D eigenvalue weighted by Crippen LogP contribution is -2.28. The summed E-state index contributed by atoms with van der Waals surface area (Å²) in [6, 6.07) is 0. The molecule has 0 unspecified atom stereocenters. The summed E-state index contributed by atoms with van der Waals surface area (Å²) in [5, 5.41) is 22.0. The summed E-state index contributed by atoms with van der Waals surface area (Å²) in [7, 11) is 0. The first-order chi connectivity index (χ1) is 8.30. The van der Waals surface area contributed by atoms with Crippen molar-refractivity contribution in [2.75, 3.05) is 38.2 Å². The third kappa shape index (κ3) is 5.45. The molecule has 1 aromatic rings. The number of aromatic nitrogens is 1. The molecule has 3 N–H and O–H groups in total. The van der Waals surface area contributed by atoms with E-state index < -0.39 is 0 Å². The number of hydrogen-bond acceptors (Lipinski definition) is 6. The minimum absolute atomic E-state index is 0.111. The second-order valence-corrected chi connectivity index (χ2v) is 4.90. The number of aliphatic hydroxyl groups excluding tert-OH is 2. The van der Waals surface area contributed by atoms with Gasteiger partial charge in [-0.2, -0.15) is 0 Å². The number of rotatable bonds is 9. The van der Waals surface area contributed by atoms with Crippen molar-refractivity contribution in [2.24, 2.45) is 0 Å². The Bertz CT molecular complexity index is 301. The first-order valence-electron chi connectivity index (χ1n) is 5.92. The molecule has 1 aromatic heterocycles. The number of aliphatic hydroxyl groups is 2. The van der Waals surface area contributed by atoms with E-state index in [2.05, 4.69) is 17.2 Å². The predicted octanol–water partition coefficient (Wildman–Crippen LogP) is 0.752. The van der Waals surface area contributed by atoms with Crippen molar-refractivity contribution in [1.82, 2.24) is 9.88 Å². The van der Waals surface area contributed by atoms with E-state index in [1.807, 2.05) is 11.1 Å². The average Bonchev–Trinajstić information content (AvgIpc) is 2.75. The molecule has 0 amide bonds. The molecule has 0 saturated carbocycles. The largest absolute Gasteiger partial charge is 0.395 e. The van der Waals surface area contributed by atoms with Crippen LogP contribution in [0.3, 0.4) is 0 Å². The maximum atomic E-state index is 8.91. The van der Waals surface area contributed by atoms with Crippen LogP contribution in [0.15, 0.2) is 6.20 Å². The fraction of sp³-hybridized carbons (Fsp3) is 0.727. The molecule has 0 fully saturated rings. The maximum Gasteiger partial charge on any atom is 0.182 e. The highest BCUT2D eigenvalue weighted by Crippen LogP contribution is 2.19. The minimum atomic E-state index is 0.111. The number of thiazole rings is 1. The molecule has 5 nitrogen and oxygen atoms in total. The lowest BCUT2D eigenvalue weighted by molar-refractivity contribution is 0.157. The molecule has 0 aliphatic rings. The lowest BCUT2D eigenvalue weighted by Gasteiger charge is -2.18. The van der Waals surface area contributed by atoms with Gasteiger partial charge in [-0.25, -0.2) is 4.98 Å². The molecule has 0 atom stereocenters. The van der Waals surface area contributed by atoms with Gasteiger partial charge in [0.05, 0.1) is 13.2 Å². The highest BCUT2D eigenvalue weighted by molar-refractivity contribution is 7.15. The lowest BCUT2D eigenvalue weighted by atomic mass is 10.4. The maximum absolute atomic E-state index is 8.91. The summed E-state index contributed by atoms with van der Waals surface area (Å²) >= 11 is 1.63. The van der Waals surface area contributed by atoms with Crippen LogP contribution in [0.4, 0.5) is 5.13 Å². The van der Waals surface area contributed by atoms with Gasteiger partial charge < -0.3 is 15.5 Å². The van der Waals surface area contributed by atoms with E-state index in [1.165, 1.54) is 0 Å². The Morgan fingerprint density at radius 1 is 1.35 bits per heavy atom. The number of nitrogens with zero attached hydrogens (tertiary/aromatic N) is 2. The molecule has 0 bridgehead atoms. The van der Waals surface area contributed by atoms with Gasteiger partial charge in [-0.3, -0.25) is 4.90 Å². The van der Waals surface area contributed by atoms with Gasteiger partial charge in [0.25, 0.3) is 0 Å². The molecule has 17 heavy (non-hydrogen) atoms. The van der Waals surface area contributed by atoms with Crippen LogP contribution in [0, 0.1) is 0 Å². The van der Waals surface area contributed by atoms with Crippen molar-refractivity contribution in [3.05, 3.63) is 11.1 Å². The minimum Gasteiger partial charge on any atom is -0.395 e. The van der Waals surface area contributed by atoms with E-state index in [-0.39, 0.29) is 13.2 Å². The first kappa shape index (κ1) is 14.4. The van der Waals surface area contributed by atoms with Crippen molar-refractivity contribution in [3.63, 3.8) is 0 Å². The van der Waals surface area contributed by atoms with Gasteiger partial charge in [0.2, 0.25) is 0 Å². The van der Waals surface area contributed by atoms with Crippen LogP contribution in [0.25, 0.3) is 0 Å². The number of anilines is 1. The van der Waals surface area contributed by atoms with E-state index >= 15 is 0 Å². The summed E-state index contributed by atoms with van der Waals surface area (Å²) in [5.41, 5.74) is 0. The molecular weight excluding hydrogens is 238 g/mol. The van der Waals surface area contributed by atoms with Gasteiger partial charge in [-0.15, -0.1) is 11.3 Å². The predicted molar refractivity (Wildman–Crippen MR) is 70.3 cm³/mol. The van der Waals surface area contributed by atoms with Gasteiger partial charge >= 0.3 is 0 Å². The highest BCUT2D eigenvalue weighted by atomic mass is 32.1.